The first-order chi connectivity index (χ1) is 62.4. The summed E-state index contributed by atoms with van der Waals surface area (Å²) in [6.07, 6.45) is 34.0. The number of aryl methyl sites for hydroxylation is 9. The van der Waals surface area contributed by atoms with Crippen LogP contribution in [0.5, 0.6) is 57.5 Å². The van der Waals surface area contributed by atoms with Gasteiger partial charge in [0.25, 0.3) is 5.92 Å². The molecule has 0 radical (unpaired) electrons. The molecule has 0 unspecified atom stereocenters. The molecule has 15 aromatic heterocycles. The number of pyridine rings is 10. The zero-order chi connectivity index (χ0) is 91.4. The minimum atomic E-state index is -2.97. The molecule has 0 spiro atoms. The fourth-order valence-corrected chi connectivity index (χ4v) is 11.8. The predicted octanol–water partition coefficient (Wildman–Crippen LogP) is 17.8. The smallest absolute Gasteiger partial charge is 0.272 e. The monoisotopic (exact) mass is 1730 g/mol. The maximum atomic E-state index is 13.3. The third kappa shape index (κ3) is 30.2. The van der Waals surface area contributed by atoms with E-state index in [1.807, 2.05) is 141 Å². The van der Waals surface area contributed by atoms with Crippen molar-refractivity contribution in [3.05, 3.63) is 359 Å². The molecular formula is C97H92F2N20O10. The maximum absolute atomic E-state index is 13.3. The summed E-state index contributed by atoms with van der Waals surface area (Å²) < 4.78 is 55.3. The average Bonchev–Trinajstić information content (AvgIpc) is 0.853. The molecule has 15 heterocycles. The third-order valence-corrected chi connectivity index (χ3v) is 18.5. The van der Waals surface area contributed by atoms with Crippen molar-refractivity contribution in [3.63, 3.8) is 0 Å². The normalized spacial score (nSPS) is 10.7. The van der Waals surface area contributed by atoms with Gasteiger partial charge in [-0.25, -0.2) is 83.5 Å². The lowest BCUT2D eigenvalue weighted by Gasteiger charge is -2.11. The van der Waals surface area contributed by atoms with Gasteiger partial charge in [0, 0.05) is 161 Å². The summed E-state index contributed by atoms with van der Waals surface area (Å²) in [5.41, 5.74) is 12.8. The lowest BCUT2D eigenvalue weighted by molar-refractivity contribution is 0.0170. The van der Waals surface area contributed by atoms with Crippen LogP contribution >= 0.6 is 0 Å². The Labute approximate surface area is 743 Å². The van der Waals surface area contributed by atoms with Crippen molar-refractivity contribution in [2.24, 2.45) is 0 Å². The van der Waals surface area contributed by atoms with Crippen molar-refractivity contribution in [2.75, 3.05) is 0 Å². The van der Waals surface area contributed by atoms with Crippen molar-refractivity contribution in [1.82, 2.24) is 99.7 Å². The van der Waals surface area contributed by atoms with Crippen LogP contribution in [-0.2, 0) is 76.6 Å². The molecule has 0 aliphatic rings. The Bertz CT molecular complexity index is 5860. The summed E-state index contributed by atoms with van der Waals surface area (Å²) in [4.78, 5) is 146. The highest BCUT2D eigenvalue weighted by Crippen LogP contribution is 2.31. The Morgan fingerprint density at radius 3 is 0.690 bits per heavy atom. The zero-order valence-corrected chi connectivity index (χ0v) is 72.7. The van der Waals surface area contributed by atoms with Gasteiger partial charge in [0.2, 0.25) is 0 Å². The summed E-state index contributed by atoms with van der Waals surface area (Å²) in [6, 6.07) is 36.9. The van der Waals surface area contributed by atoms with Gasteiger partial charge in [0.1, 0.15) is 88.9 Å². The van der Waals surface area contributed by atoms with E-state index >= 15 is 0 Å². The van der Waals surface area contributed by atoms with Gasteiger partial charge >= 0.3 is 0 Å². The minimum Gasteiger partial charge on any atom is -0.454 e. The van der Waals surface area contributed by atoms with E-state index in [2.05, 4.69) is 99.7 Å². The minimum absolute atomic E-state index is 0.0520. The molecule has 0 N–H and O–H groups in total. The Kier molecular flexibility index (Phi) is 34.4. The summed E-state index contributed by atoms with van der Waals surface area (Å²) in [5.74, 6) is 1.46. The molecule has 15 aromatic rings. The molecule has 0 saturated heterocycles. The molecule has 15 rings (SSSR count). The highest BCUT2D eigenvalue weighted by Gasteiger charge is 2.26. The highest BCUT2D eigenvalue weighted by atomic mass is 19.3. The van der Waals surface area contributed by atoms with Gasteiger partial charge in [-0.05, 0) is 118 Å². The first kappa shape index (κ1) is 93.8. The molecule has 0 bridgehead atoms. The lowest BCUT2D eigenvalue weighted by atomic mass is 10.1. The van der Waals surface area contributed by atoms with E-state index in [1.54, 1.807) is 98.5 Å². The molecule has 0 aliphatic carbocycles. The molecule has 0 aromatic carbocycles. The van der Waals surface area contributed by atoms with Crippen LogP contribution in [0.15, 0.2) is 246 Å². The molecule has 0 saturated carbocycles. The van der Waals surface area contributed by atoms with E-state index in [9.17, 15) is 32.8 Å². The van der Waals surface area contributed by atoms with Crippen molar-refractivity contribution < 1.29 is 56.4 Å². The number of carbonyl (C=O) groups is 5. The number of aromatic nitrogens is 20. The van der Waals surface area contributed by atoms with Gasteiger partial charge < -0.3 is 23.7 Å². The van der Waals surface area contributed by atoms with Crippen molar-refractivity contribution >= 4 is 28.9 Å². The number of rotatable bonds is 32. The number of hydrogen-bond acceptors (Lipinski definition) is 30. The van der Waals surface area contributed by atoms with Gasteiger partial charge in [0.05, 0.1) is 94.1 Å². The van der Waals surface area contributed by atoms with Crippen LogP contribution in [0.25, 0.3) is 0 Å². The SMILES string of the molecule is CCc1cc(Oc2cncnc2)cc(C(=O)Cc2ccc(C(C)(F)F)cn2)n1.CCc1cc(Oc2cncnc2)cc(C(=O)Cc2ccc(C)cn2)n1.CCc1cc(Oc2cncnc2)cc(C(=O)Cc2ccc(C)cn2)n1.CCc1cc(Oc2cncnc2)cc(C(=O)Cc2ccc(C)cn2)n1.CCc1cccc(CC(=O)c2cc(Oc3cncnc3)cc(CC)n2)n1. The summed E-state index contributed by atoms with van der Waals surface area (Å²) in [6.45, 7) is 18.6. The number of alkyl halides is 2. The van der Waals surface area contributed by atoms with Gasteiger partial charge in [-0.2, -0.15) is 0 Å². The van der Waals surface area contributed by atoms with Crippen molar-refractivity contribution in [2.45, 2.75) is 146 Å². The van der Waals surface area contributed by atoms with E-state index in [-0.39, 0.29) is 72.3 Å². The standard InChI is InChI=1S/C20H18F2N4O2.C20H20N4O2.3C19H18N4O2/c1-3-14-6-16(28-17-10-23-12-24-11-17)8-18(26-14)19(27)7-15-5-4-13(9-25-15)20(2,21)22;1-3-14-6-5-7-16(23-14)9-20(25)19-10-17(8-15(4-2)24-19)26-18-11-21-13-22-12-18;3*1-3-14-6-16(25-17-10-20-12-21-11-17)8-18(23-14)19(24)7-15-5-4-13(2)9-22-15/h4-6,8-12H,3,7H2,1-2H3;5-8,10-13H,3-4,9H2,1-2H3;3*4-6,8-12H,3,7H2,1-2H3. The van der Waals surface area contributed by atoms with E-state index in [1.165, 1.54) is 62.2 Å². The highest BCUT2D eigenvalue weighted by molar-refractivity contribution is 5.98. The van der Waals surface area contributed by atoms with Gasteiger partial charge in [-0.15, -0.1) is 0 Å². The Morgan fingerprint density at radius 1 is 0.256 bits per heavy atom. The topological polar surface area (TPSA) is 389 Å². The lowest BCUT2D eigenvalue weighted by Crippen LogP contribution is -2.11. The van der Waals surface area contributed by atoms with E-state index < -0.39 is 5.92 Å². The van der Waals surface area contributed by atoms with Crippen LogP contribution in [-0.4, -0.2) is 129 Å². The van der Waals surface area contributed by atoms with Crippen LogP contribution in [0.1, 0.15) is 186 Å². The second-order valence-corrected chi connectivity index (χ2v) is 28.9. The molecule has 32 heteroatoms. The van der Waals surface area contributed by atoms with Gasteiger partial charge in [-0.3, -0.25) is 48.9 Å². The summed E-state index contributed by atoms with van der Waals surface area (Å²) >= 11 is 0. The number of halogens is 2. The Balaban J connectivity index is 0.000000156. The largest absolute Gasteiger partial charge is 0.454 e. The first-order valence-electron chi connectivity index (χ1n) is 41.3. The third-order valence-electron chi connectivity index (χ3n) is 18.5. The van der Waals surface area contributed by atoms with Crippen LogP contribution in [0.2, 0.25) is 0 Å². The maximum Gasteiger partial charge on any atom is 0.272 e. The molecule has 0 fully saturated rings. The van der Waals surface area contributed by atoms with E-state index in [4.69, 9.17) is 23.7 Å². The first-order valence-corrected chi connectivity index (χ1v) is 41.3. The molecule has 0 aliphatic heterocycles. The number of hydrogen-bond donors (Lipinski definition) is 0. The Hall–Kier alpha value is -15.9. The van der Waals surface area contributed by atoms with Crippen LogP contribution < -0.4 is 23.7 Å². The van der Waals surface area contributed by atoms with E-state index in [0.717, 1.165) is 87.5 Å². The molecule has 0 amide bonds. The fourth-order valence-electron chi connectivity index (χ4n) is 11.8. The van der Waals surface area contributed by atoms with Crippen molar-refractivity contribution in [3.8, 4) is 57.5 Å². The van der Waals surface area contributed by atoms with Gasteiger partial charge in [0.15, 0.2) is 57.7 Å². The number of carbonyl (C=O) groups excluding carboxylic acids is 5. The molecular weight excluding hydrogens is 1640 g/mol. The van der Waals surface area contributed by atoms with Crippen LogP contribution in [0.3, 0.4) is 0 Å². The van der Waals surface area contributed by atoms with E-state index in [0.29, 0.717) is 124 Å². The van der Waals surface area contributed by atoms with Gasteiger partial charge in [-0.1, -0.05) is 65.8 Å². The second-order valence-electron chi connectivity index (χ2n) is 28.9. The number of ketones is 5. The molecule has 0 atom stereocenters. The number of Topliss-reactive ketones (excluding diaryl/α,β-unsaturated/α-hetero) is 5. The number of ether oxygens (including phenoxy) is 5. The molecule has 129 heavy (non-hydrogen) atoms. The quantitative estimate of drug-likeness (QED) is 0.0353. The number of nitrogens with zero attached hydrogens (tertiary/aromatic N) is 20. The fraction of sp³-hybridized carbons (Fsp3) is 0.227. The summed E-state index contributed by atoms with van der Waals surface area (Å²) in [7, 11) is 0. The Morgan fingerprint density at radius 2 is 0.481 bits per heavy atom. The predicted molar refractivity (Wildman–Crippen MR) is 473 cm³/mol. The molecule has 654 valence electrons. The van der Waals surface area contributed by atoms with Crippen molar-refractivity contribution in [1.29, 1.82) is 0 Å². The van der Waals surface area contributed by atoms with Crippen LogP contribution in [0, 0.1) is 20.8 Å². The average molecular weight is 1740 g/mol. The zero-order valence-electron chi connectivity index (χ0n) is 72.7. The second kappa shape index (κ2) is 47.3. The molecule has 30 nitrogen and oxygen atoms in total. The summed E-state index contributed by atoms with van der Waals surface area (Å²) in [5, 5.41) is 0. The van der Waals surface area contributed by atoms with Crippen LogP contribution in [0.4, 0.5) is 8.78 Å².